The van der Waals surface area contributed by atoms with E-state index < -0.39 is 0 Å². The molecule has 2 heterocycles. The Labute approximate surface area is 83.7 Å². The van der Waals surface area contributed by atoms with Crippen LogP contribution in [0.2, 0.25) is 0 Å². The number of halogens is 1. The topological polar surface area (TPSA) is 46.3 Å². The summed E-state index contributed by atoms with van der Waals surface area (Å²) in [6, 6.07) is 0. The fourth-order valence-corrected chi connectivity index (χ4v) is 1.74. The minimum Gasteiger partial charge on any atom is -0.370 e. The number of carbonyl (C=O) groups excluding carboxylic acids is 1. The summed E-state index contributed by atoms with van der Waals surface area (Å²) in [5.41, 5.74) is 7.26. The van der Waals surface area contributed by atoms with E-state index in [2.05, 4.69) is 4.90 Å². The highest BCUT2D eigenvalue weighted by atomic mass is 35.5. The lowest BCUT2D eigenvalue weighted by Crippen LogP contribution is -2.29. The van der Waals surface area contributed by atoms with E-state index in [9.17, 15) is 4.79 Å². The molecule has 3 nitrogen and oxygen atoms in total. The van der Waals surface area contributed by atoms with E-state index in [1.807, 2.05) is 12.2 Å². The van der Waals surface area contributed by atoms with Crippen LogP contribution in [0.5, 0.6) is 0 Å². The first-order chi connectivity index (χ1) is 5.77. The van der Waals surface area contributed by atoms with Crippen molar-refractivity contribution >= 4 is 18.3 Å². The third-order valence-electron chi connectivity index (χ3n) is 2.42. The summed E-state index contributed by atoms with van der Waals surface area (Å²) in [7, 11) is 0. The maximum atomic E-state index is 10.8. The zero-order valence-electron chi connectivity index (χ0n) is 7.32. The first kappa shape index (κ1) is 10.1. The standard InChI is InChI=1S/C9H12N2O.ClH/c10-9(12)7-3-4-8-2-1-5-11(8)6-7;/h3-4H,1-2,5-6H2,(H2,10,12);1H. The smallest absolute Gasteiger partial charge is 0.246 e. The van der Waals surface area contributed by atoms with Gasteiger partial charge in [-0.3, -0.25) is 4.79 Å². The molecular weight excluding hydrogens is 188 g/mol. The van der Waals surface area contributed by atoms with Gasteiger partial charge in [0.25, 0.3) is 0 Å². The quantitative estimate of drug-likeness (QED) is 0.681. The van der Waals surface area contributed by atoms with Gasteiger partial charge >= 0.3 is 0 Å². The van der Waals surface area contributed by atoms with Crippen molar-refractivity contribution in [1.29, 1.82) is 0 Å². The molecule has 0 aromatic rings. The maximum absolute atomic E-state index is 10.8. The van der Waals surface area contributed by atoms with E-state index in [0.717, 1.165) is 18.5 Å². The number of amides is 1. The van der Waals surface area contributed by atoms with Crippen molar-refractivity contribution in [2.24, 2.45) is 5.73 Å². The zero-order chi connectivity index (χ0) is 8.55. The largest absolute Gasteiger partial charge is 0.370 e. The summed E-state index contributed by atoms with van der Waals surface area (Å²) >= 11 is 0. The van der Waals surface area contributed by atoms with Crippen LogP contribution in [0, 0.1) is 0 Å². The van der Waals surface area contributed by atoms with Crippen molar-refractivity contribution in [2.75, 3.05) is 13.1 Å². The van der Waals surface area contributed by atoms with Crippen molar-refractivity contribution in [3.05, 3.63) is 23.4 Å². The summed E-state index contributed by atoms with van der Waals surface area (Å²) in [6.45, 7) is 1.78. The fraction of sp³-hybridized carbons (Fsp3) is 0.444. The van der Waals surface area contributed by atoms with E-state index in [4.69, 9.17) is 5.73 Å². The molecular formula is C9H13ClN2O. The molecule has 2 N–H and O–H groups in total. The van der Waals surface area contributed by atoms with Gasteiger partial charge in [0.05, 0.1) is 0 Å². The first-order valence-electron chi connectivity index (χ1n) is 4.22. The Bertz CT molecular complexity index is 283. The molecule has 1 saturated heterocycles. The molecule has 2 rings (SSSR count). The van der Waals surface area contributed by atoms with Crippen molar-refractivity contribution in [3.63, 3.8) is 0 Å². The van der Waals surface area contributed by atoms with E-state index >= 15 is 0 Å². The molecule has 0 aliphatic carbocycles. The highest BCUT2D eigenvalue weighted by molar-refractivity contribution is 5.93. The second kappa shape index (κ2) is 3.83. The molecule has 13 heavy (non-hydrogen) atoms. The molecule has 0 unspecified atom stereocenters. The SMILES string of the molecule is Cl.NC(=O)C1=CC=C2CCCN2C1. The maximum Gasteiger partial charge on any atom is 0.246 e. The molecule has 0 bridgehead atoms. The second-order valence-corrected chi connectivity index (χ2v) is 3.24. The van der Waals surface area contributed by atoms with Gasteiger partial charge < -0.3 is 10.6 Å². The van der Waals surface area contributed by atoms with E-state index in [1.54, 1.807) is 0 Å². The van der Waals surface area contributed by atoms with Crippen LogP contribution in [0.3, 0.4) is 0 Å². The summed E-state index contributed by atoms with van der Waals surface area (Å²) in [6.07, 6.45) is 6.20. The summed E-state index contributed by atoms with van der Waals surface area (Å²) in [5.74, 6) is -0.294. The molecule has 0 aromatic heterocycles. The predicted molar refractivity (Wildman–Crippen MR) is 53.4 cm³/mol. The van der Waals surface area contributed by atoms with Crippen LogP contribution >= 0.6 is 12.4 Å². The Morgan fingerprint density at radius 2 is 2.23 bits per heavy atom. The van der Waals surface area contributed by atoms with Gasteiger partial charge in [-0.2, -0.15) is 0 Å². The number of nitrogens with two attached hydrogens (primary N) is 1. The fourth-order valence-electron chi connectivity index (χ4n) is 1.74. The Balaban J connectivity index is 0.000000845. The number of allylic oxidation sites excluding steroid dienone is 3. The minimum absolute atomic E-state index is 0. The number of fused-ring (bicyclic) bond motifs is 1. The number of hydrogen-bond donors (Lipinski definition) is 1. The van der Waals surface area contributed by atoms with Crippen molar-refractivity contribution < 1.29 is 4.79 Å². The molecule has 0 saturated carbocycles. The van der Waals surface area contributed by atoms with E-state index in [1.165, 1.54) is 12.1 Å². The Morgan fingerprint density at radius 3 is 2.92 bits per heavy atom. The number of primary amides is 1. The summed E-state index contributed by atoms with van der Waals surface area (Å²) in [4.78, 5) is 13.1. The zero-order valence-corrected chi connectivity index (χ0v) is 8.14. The minimum atomic E-state index is -0.294. The summed E-state index contributed by atoms with van der Waals surface area (Å²) in [5, 5.41) is 0. The van der Waals surface area contributed by atoms with Crippen LogP contribution in [0.4, 0.5) is 0 Å². The van der Waals surface area contributed by atoms with Gasteiger partial charge in [0, 0.05) is 24.4 Å². The Kier molecular flexibility index (Phi) is 2.98. The van der Waals surface area contributed by atoms with Crippen LogP contribution in [0.1, 0.15) is 12.8 Å². The molecule has 0 atom stereocenters. The van der Waals surface area contributed by atoms with Gasteiger partial charge in [0.2, 0.25) is 5.91 Å². The molecule has 72 valence electrons. The van der Waals surface area contributed by atoms with Crippen LogP contribution in [-0.2, 0) is 4.79 Å². The van der Waals surface area contributed by atoms with Crippen LogP contribution in [-0.4, -0.2) is 23.9 Å². The lowest BCUT2D eigenvalue weighted by atomic mass is 10.1. The van der Waals surface area contributed by atoms with Gasteiger partial charge in [-0.1, -0.05) is 6.08 Å². The van der Waals surface area contributed by atoms with Crippen LogP contribution < -0.4 is 5.73 Å². The summed E-state index contributed by atoms with van der Waals surface area (Å²) < 4.78 is 0. The third kappa shape index (κ3) is 1.86. The number of carbonyl (C=O) groups is 1. The molecule has 2 aliphatic rings. The molecule has 0 aromatic carbocycles. The third-order valence-corrected chi connectivity index (χ3v) is 2.42. The lowest BCUT2D eigenvalue weighted by molar-refractivity contribution is -0.114. The molecule has 4 heteroatoms. The Hall–Kier alpha value is -0.960. The van der Waals surface area contributed by atoms with Gasteiger partial charge in [-0.25, -0.2) is 0 Å². The molecule has 1 fully saturated rings. The van der Waals surface area contributed by atoms with Gasteiger partial charge in [-0.05, 0) is 18.9 Å². The highest BCUT2D eigenvalue weighted by Crippen LogP contribution is 2.25. The monoisotopic (exact) mass is 200 g/mol. The Morgan fingerprint density at radius 1 is 1.46 bits per heavy atom. The predicted octanol–water partition coefficient (Wildman–Crippen LogP) is 0.813. The van der Waals surface area contributed by atoms with Gasteiger partial charge in [0.15, 0.2) is 0 Å². The van der Waals surface area contributed by atoms with Gasteiger partial charge in [-0.15, -0.1) is 12.4 Å². The molecule has 0 radical (unpaired) electrons. The first-order valence-corrected chi connectivity index (χ1v) is 4.22. The average molecular weight is 201 g/mol. The molecule has 0 spiro atoms. The van der Waals surface area contributed by atoms with Gasteiger partial charge in [0.1, 0.15) is 0 Å². The van der Waals surface area contributed by atoms with Crippen LogP contribution in [0.25, 0.3) is 0 Å². The van der Waals surface area contributed by atoms with E-state index in [-0.39, 0.29) is 18.3 Å². The van der Waals surface area contributed by atoms with Crippen molar-refractivity contribution in [3.8, 4) is 0 Å². The number of hydrogen-bond acceptors (Lipinski definition) is 2. The molecule has 1 amide bonds. The highest BCUT2D eigenvalue weighted by Gasteiger charge is 2.21. The van der Waals surface area contributed by atoms with Crippen molar-refractivity contribution in [1.82, 2.24) is 4.90 Å². The molecule has 2 aliphatic heterocycles. The van der Waals surface area contributed by atoms with Crippen LogP contribution in [0.15, 0.2) is 23.4 Å². The number of nitrogens with zero attached hydrogens (tertiary/aromatic N) is 1. The van der Waals surface area contributed by atoms with E-state index in [0.29, 0.717) is 6.54 Å². The normalized spacial score (nSPS) is 19.8. The lowest BCUT2D eigenvalue weighted by Gasteiger charge is -2.23. The number of rotatable bonds is 1. The second-order valence-electron chi connectivity index (χ2n) is 3.24. The van der Waals surface area contributed by atoms with Crippen molar-refractivity contribution in [2.45, 2.75) is 12.8 Å². The average Bonchev–Trinajstić information content (AvgIpc) is 2.49.